The van der Waals surface area contributed by atoms with Crippen LogP contribution >= 0.6 is 0 Å². The molecule has 4 N–H and O–H groups in total. The van der Waals surface area contributed by atoms with Crippen molar-refractivity contribution in [3.05, 3.63) is 0 Å². The van der Waals surface area contributed by atoms with Gasteiger partial charge in [-0.25, -0.2) is 0 Å². The quantitative estimate of drug-likeness (QED) is 0.554. The first-order chi connectivity index (χ1) is 7.66. The Morgan fingerprint density at radius 1 is 0.556 bits per heavy atom. The predicted molar refractivity (Wildman–Crippen MR) is 69.5 cm³/mol. The Bertz CT molecular complexity index is 58.0. The Morgan fingerprint density at radius 2 is 0.722 bits per heavy atom. The summed E-state index contributed by atoms with van der Waals surface area (Å²) in [4.78, 5) is 0. The molecule has 0 aromatic carbocycles. The van der Waals surface area contributed by atoms with Gasteiger partial charge in [0, 0.05) is 78.8 Å². The average Bonchev–Trinajstić information content (AvgIpc) is 2.23. The van der Waals surface area contributed by atoms with Crippen LogP contribution in [0.25, 0.3) is 0 Å². The SMILES string of the molecule is CCCCO.CCCCO.CCO.CCO.[Zr].[Zr]. The Kier molecular flexibility index (Phi) is 127. The van der Waals surface area contributed by atoms with E-state index in [1.165, 1.54) is 0 Å². The van der Waals surface area contributed by atoms with Crippen LogP contribution < -0.4 is 0 Å². The number of aliphatic hydroxyl groups is 4. The maximum absolute atomic E-state index is 8.07. The molecule has 4 nitrogen and oxygen atoms in total. The van der Waals surface area contributed by atoms with Crippen LogP contribution in [0.2, 0.25) is 0 Å². The monoisotopic (exact) mass is 420 g/mol. The summed E-state index contributed by atoms with van der Waals surface area (Å²) in [5, 5.41) is 31.3. The molecule has 6 heteroatoms. The number of unbranched alkanes of at least 4 members (excludes halogenated alkanes) is 2. The summed E-state index contributed by atoms with van der Waals surface area (Å²) in [5.74, 6) is 0. The Morgan fingerprint density at radius 3 is 0.722 bits per heavy atom. The van der Waals surface area contributed by atoms with E-state index in [0.29, 0.717) is 13.2 Å². The largest absolute Gasteiger partial charge is 0.397 e. The average molecular weight is 423 g/mol. The fourth-order valence-electron chi connectivity index (χ4n) is 0.316. The van der Waals surface area contributed by atoms with Gasteiger partial charge in [0.2, 0.25) is 0 Å². The van der Waals surface area contributed by atoms with E-state index in [-0.39, 0.29) is 65.6 Å². The van der Waals surface area contributed by atoms with Crippen molar-refractivity contribution in [2.75, 3.05) is 26.4 Å². The smallest absolute Gasteiger partial charge is 0.0430 e. The molecule has 0 aliphatic rings. The predicted octanol–water partition coefficient (Wildman–Crippen LogP) is 1.55. The van der Waals surface area contributed by atoms with Crippen molar-refractivity contribution in [1.29, 1.82) is 0 Å². The molecule has 0 atom stereocenters. The molecule has 0 aromatic rings. The number of aliphatic hydroxyl groups excluding tert-OH is 4. The first-order valence-electron chi connectivity index (χ1n) is 6.09. The zero-order chi connectivity index (χ0) is 13.7. The molecule has 0 spiro atoms. The first-order valence-corrected chi connectivity index (χ1v) is 6.09. The van der Waals surface area contributed by atoms with Crippen LogP contribution in [0.15, 0.2) is 0 Å². The van der Waals surface area contributed by atoms with Crippen molar-refractivity contribution in [2.24, 2.45) is 0 Å². The standard InChI is InChI=1S/2C4H10O.2C2H6O.2Zr/c2*1-2-3-4-5;2*1-2-3;;/h2*5H,2-4H2,1H3;2*3H,2H2,1H3;;. The zero-order valence-electron chi connectivity index (χ0n) is 12.4. The second-order valence-corrected chi connectivity index (χ2v) is 2.79. The molecule has 0 radical (unpaired) electrons. The van der Waals surface area contributed by atoms with Gasteiger partial charge < -0.3 is 20.4 Å². The number of rotatable bonds is 4. The van der Waals surface area contributed by atoms with E-state index < -0.39 is 0 Å². The number of hydrogen-bond acceptors (Lipinski definition) is 4. The summed E-state index contributed by atoms with van der Waals surface area (Å²) in [6, 6.07) is 0. The minimum atomic E-state index is 0. The molecule has 18 heavy (non-hydrogen) atoms. The Balaban J connectivity index is -0.0000000265. The van der Waals surface area contributed by atoms with Crippen molar-refractivity contribution in [2.45, 2.75) is 53.4 Å². The second-order valence-electron chi connectivity index (χ2n) is 2.79. The van der Waals surface area contributed by atoms with Crippen LogP contribution in [0.4, 0.5) is 0 Å². The van der Waals surface area contributed by atoms with Crippen LogP contribution in [0, 0.1) is 0 Å². The molecule has 0 aliphatic carbocycles. The maximum atomic E-state index is 8.07. The van der Waals surface area contributed by atoms with E-state index in [1.807, 2.05) is 0 Å². The van der Waals surface area contributed by atoms with Gasteiger partial charge in [-0.3, -0.25) is 0 Å². The van der Waals surface area contributed by atoms with Crippen molar-refractivity contribution in [3.63, 3.8) is 0 Å². The van der Waals surface area contributed by atoms with Crippen molar-refractivity contribution in [3.8, 4) is 0 Å². The van der Waals surface area contributed by atoms with E-state index in [2.05, 4.69) is 13.8 Å². The van der Waals surface area contributed by atoms with Gasteiger partial charge in [-0.15, -0.1) is 0 Å². The number of hydrogen-bond donors (Lipinski definition) is 4. The molecule has 0 saturated heterocycles. The van der Waals surface area contributed by atoms with Crippen molar-refractivity contribution >= 4 is 0 Å². The topological polar surface area (TPSA) is 80.9 Å². The summed E-state index contributed by atoms with van der Waals surface area (Å²) in [6.45, 7) is 8.65. The molecule has 0 saturated carbocycles. The minimum Gasteiger partial charge on any atom is -0.397 e. The Labute approximate surface area is 151 Å². The third kappa shape index (κ3) is 154. The van der Waals surface area contributed by atoms with Gasteiger partial charge in [0.25, 0.3) is 0 Å². The van der Waals surface area contributed by atoms with Gasteiger partial charge in [-0.05, 0) is 26.7 Å². The van der Waals surface area contributed by atoms with Gasteiger partial charge in [0.1, 0.15) is 0 Å². The summed E-state index contributed by atoms with van der Waals surface area (Å²) in [6.07, 6.45) is 4.08. The van der Waals surface area contributed by atoms with E-state index >= 15 is 0 Å². The van der Waals surface area contributed by atoms with Crippen molar-refractivity contribution < 1.29 is 72.8 Å². The molecule has 0 bridgehead atoms. The molecule has 0 aliphatic heterocycles. The van der Waals surface area contributed by atoms with Gasteiger partial charge in [-0.2, -0.15) is 0 Å². The molecule has 0 rings (SSSR count). The second kappa shape index (κ2) is 62.5. The van der Waals surface area contributed by atoms with Crippen LogP contribution in [-0.4, -0.2) is 46.9 Å². The van der Waals surface area contributed by atoms with Crippen LogP contribution in [0.3, 0.4) is 0 Å². The Hall–Kier alpha value is 1.61. The molecule has 0 amide bonds. The van der Waals surface area contributed by atoms with Gasteiger partial charge in [0.05, 0.1) is 0 Å². The van der Waals surface area contributed by atoms with Crippen LogP contribution in [-0.2, 0) is 52.4 Å². The van der Waals surface area contributed by atoms with E-state index in [0.717, 1.165) is 25.7 Å². The molecule has 0 fully saturated rings. The van der Waals surface area contributed by atoms with Crippen molar-refractivity contribution in [1.82, 2.24) is 0 Å². The molecule has 0 unspecified atom stereocenters. The van der Waals surface area contributed by atoms with E-state index in [9.17, 15) is 0 Å². The molecule has 0 aromatic heterocycles. The molecular formula is C12H32O4Zr2. The maximum Gasteiger partial charge on any atom is 0.0430 e. The molecular weight excluding hydrogens is 391 g/mol. The van der Waals surface area contributed by atoms with E-state index in [1.54, 1.807) is 13.8 Å². The van der Waals surface area contributed by atoms with E-state index in [4.69, 9.17) is 20.4 Å². The van der Waals surface area contributed by atoms with Crippen LogP contribution in [0.5, 0.6) is 0 Å². The van der Waals surface area contributed by atoms with Gasteiger partial charge in [0.15, 0.2) is 0 Å². The normalized spacial score (nSPS) is 6.67. The fourth-order valence-corrected chi connectivity index (χ4v) is 0.316. The summed E-state index contributed by atoms with van der Waals surface area (Å²) < 4.78 is 0. The fraction of sp³-hybridized carbons (Fsp3) is 1.00. The zero-order valence-corrected chi connectivity index (χ0v) is 17.4. The van der Waals surface area contributed by atoms with Gasteiger partial charge in [-0.1, -0.05) is 26.7 Å². The summed E-state index contributed by atoms with van der Waals surface area (Å²) in [5.41, 5.74) is 0. The summed E-state index contributed by atoms with van der Waals surface area (Å²) >= 11 is 0. The molecule has 112 valence electrons. The third-order valence-corrected chi connectivity index (χ3v) is 1.02. The van der Waals surface area contributed by atoms with Crippen LogP contribution in [0.1, 0.15) is 53.4 Å². The molecule has 0 heterocycles. The summed E-state index contributed by atoms with van der Waals surface area (Å²) in [7, 11) is 0. The third-order valence-electron chi connectivity index (χ3n) is 1.02. The minimum absolute atomic E-state index is 0. The van der Waals surface area contributed by atoms with Gasteiger partial charge >= 0.3 is 0 Å². The first kappa shape index (κ1) is 36.7.